The van der Waals surface area contributed by atoms with E-state index in [0.717, 1.165) is 36.2 Å². The van der Waals surface area contributed by atoms with Gasteiger partial charge in [-0.2, -0.15) is 0 Å². The second-order valence-electron chi connectivity index (χ2n) is 6.17. The maximum atomic E-state index is 6.05. The molecule has 4 nitrogen and oxygen atoms in total. The van der Waals surface area contributed by atoms with Crippen molar-refractivity contribution in [3.63, 3.8) is 0 Å². The van der Waals surface area contributed by atoms with Crippen LogP contribution in [0.15, 0.2) is 40.8 Å². The van der Waals surface area contributed by atoms with E-state index in [-0.39, 0.29) is 0 Å². The van der Waals surface area contributed by atoms with Gasteiger partial charge in [0.1, 0.15) is 11.3 Å². The molecule has 2 aromatic carbocycles. The summed E-state index contributed by atoms with van der Waals surface area (Å²) in [6.45, 7) is 1.75. The number of halogens is 2. The van der Waals surface area contributed by atoms with Crippen molar-refractivity contribution in [3.05, 3.63) is 46.4 Å². The van der Waals surface area contributed by atoms with Crippen molar-refractivity contribution >= 4 is 34.3 Å². The monoisotopic (exact) mass is 378 g/mol. The van der Waals surface area contributed by atoms with Crippen LogP contribution < -0.4 is 4.74 Å². The average Bonchev–Trinajstić information content (AvgIpc) is 2.96. The predicted octanol–water partition coefficient (Wildman–Crippen LogP) is 5.52. The normalized spacial score (nSPS) is 11.4. The fourth-order valence-electron chi connectivity index (χ4n) is 2.52. The van der Waals surface area contributed by atoms with E-state index >= 15 is 0 Å². The Morgan fingerprint density at radius 3 is 2.52 bits per heavy atom. The number of unbranched alkanes of at least 4 members (excludes halogenated alkanes) is 1. The quantitative estimate of drug-likeness (QED) is 0.507. The highest BCUT2D eigenvalue weighted by atomic mass is 35.5. The Bertz CT molecular complexity index is 842. The molecule has 0 fully saturated rings. The third kappa shape index (κ3) is 4.88. The summed E-state index contributed by atoms with van der Waals surface area (Å²) in [5.41, 5.74) is 2.20. The Morgan fingerprint density at radius 2 is 1.80 bits per heavy atom. The van der Waals surface area contributed by atoms with E-state index in [2.05, 4.69) is 24.0 Å². The van der Waals surface area contributed by atoms with Gasteiger partial charge in [0.15, 0.2) is 5.58 Å². The zero-order valence-corrected chi connectivity index (χ0v) is 15.8. The zero-order valence-electron chi connectivity index (χ0n) is 14.3. The molecule has 3 aromatic rings. The van der Waals surface area contributed by atoms with Gasteiger partial charge in [-0.15, -0.1) is 0 Å². The van der Waals surface area contributed by atoms with E-state index in [1.54, 1.807) is 18.2 Å². The fraction of sp³-hybridized carbons (Fsp3) is 0.316. The minimum atomic E-state index is 0.488. The SMILES string of the molecule is CN(C)CCCCOc1ccc2nc(-c3cc(Cl)cc(Cl)c3)oc2c1. The molecule has 3 rings (SSSR count). The maximum absolute atomic E-state index is 6.05. The first-order valence-electron chi connectivity index (χ1n) is 8.16. The molecule has 0 saturated carbocycles. The van der Waals surface area contributed by atoms with Crippen LogP contribution in [0.3, 0.4) is 0 Å². The van der Waals surface area contributed by atoms with Crippen LogP contribution in [0.5, 0.6) is 5.75 Å². The third-order valence-electron chi connectivity index (χ3n) is 3.74. The standard InChI is InChI=1S/C19H20Cl2N2O2/c1-23(2)7-3-4-8-24-16-5-6-17-18(12-16)25-19(22-17)13-9-14(20)11-15(21)10-13/h5-6,9-12H,3-4,7-8H2,1-2H3. The summed E-state index contributed by atoms with van der Waals surface area (Å²) in [5, 5.41) is 1.10. The molecule has 25 heavy (non-hydrogen) atoms. The van der Waals surface area contributed by atoms with Crippen molar-refractivity contribution in [3.8, 4) is 17.2 Å². The Hall–Kier alpha value is -1.75. The van der Waals surface area contributed by atoms with Gasteiger partial charge in [-0.1, -0.05) is 23.2 Å². The Morgan fingerprint density at radius 1 is 1.04 bits per heavy atom. The smallest absolute Gasteiger partial charge is 0.227 e. The number of fused-ring (bicyclic) bond motifs is 1. The molecule has 6 heteroatoms. The number of nitrogens with zero attached hydrogens (tertiary/aromatic N) is 2. The van der Waals surface area contributed by atoms with E-state index < -0.39 is 0 Å². The molecule has 0 atom stereocenters. The molecule has 0 radical (unpaired) electrons. The third-order valence-corrected chi connectivity index (χ3v) is 4.17. The second kappa shape index (κ2) is 8.09. The lowest BCUT2D eigenvalue weighted by atomic mass is 10.2. The first-order valence-corrected chi connectivity index (χ1v) is 8.91. The average molecular weight is 379 g/mol. The summed E-state index contributed by atoms with van der Waals surface area (Å²) >= 11 is 12.1. The van der Waals surface area contributed by atoms with Gasteiger partial charge in [-0.05, 0) is 63.8 Å². The highest BCUT2D eigenvalue weighted by Crippen LogP contribution is 2.30. The lowest BCUT2D eigenvalue weighted by Gasteiger charge is -2.09. The molecule has 0 spiro atoms. The molecule has 1 heterocycles. The highest BCUT2D eigenvalue weighted by Gasteiger charge is 2.11. The number of benzene rings is 2. The minimum absolute atomic E-state index is 0.488. The van der Waals surface area contributed by atoms with Crippen LogP contribution in [-0.2, 0) is 0 Å². The van der Waals surface area contributed by atoms with E-state index in [9.17, 15) is 0 Å². The molecule has 0 bridgehead atoms. The first-order chi connectivity index (χ1) is 12.0. The zero-order chi connectivity index (χ0) is 17.8. The van der Waals surface area contributed by atoms with Gasteiger partial charge in [0.05, 0.1) is 6.61 Å². The number of ether oxygens (including phenoxy) is 1. The van der Waals surface area contributed by atoms with E-state index in [1.807, 2.05) is 18.2 Å². The van der Waals surface area contributed by atoms with E-state index in [0.29, 0.717) is 28.1 Å². The van der Waals surface area contributed by atoms with Crippen LogP contribution in [0.25, 0.3) is 22.6 Å². The lowest BCUT2D eigenvalue weighted by molar-refractivity contribution is 0.293. The summed E-state index contributed by atoms with van der Waals surface area (Å²) < 4.78 is 11.6. The van der Waals surface area contributed by atoms with Gasteiger partial charge >= 0.3 is 0 Å². The van der Waals surface area contributed by atoms with Crippen LogP contribution in [0.2, 0.25) is 10.0 Å². The Kier molecular flexibility index (Phi) is 5.84. The van der Waals surface area contributed by atoms with Gasteiger partial charge in [-0.25, -0.2) is 4.98 Å². The lowest BCUT2D eigenvalue weighted by Crippen LogP contribution is -2.13. The van der Waals surface area contributed by atoms with Crippen LogP contribution in [0.1, 0.15) is 12.8 Å². The molecule has 0 saturated heterocycles. The van der Waals surface area contributed by atoms with Crippen molar-refractivity contribution in [1.29, 1.82) is 0 Å². The van der Waals surface area contributed by atoms with Crippen LogP contribution in [-0.4, -0.2) is 37.1 Å². The number of aromatic nitrogens is 1. The van der Waals surface area contributed by atoms with Crippen LogP contribution in [0, 0.1) is 0 Å². The van der Waals surface area contributed by atoms with Crippen LogP contribution >= 0.6 is 23.2 Å². The Labute approximate surface area is 157 Å². The molecule has 132 valence electrons. The molecular weight excluding hydrogens is 359 g/mol. The summed E-state index contributed by atoms with van der Waals surface area (Å²) in [6, 6.07) is 10.9. The molecule has 0 amide bonds. The number of hydrogen-bond donors (Lipinski definition) is 0. The molecule has 0 aliphatic heterocycles. The molecule has 0 aliphatic carbocycles. The van der Waals surface area contributed by atoms with Crippen molar-refractivity contribution in [2.45, 2.75) is 12.8 Å². The molecule has 1 aromatic heterocycles. The Balaban J connectivity index is 1.71. The fourth-order valence-corrected chi connectivity index (χ4v) is 3.04. The first kappa shape index (κ1) is 18.1. The van der Waals surface area contributed by atoms with Gasteiger partial charge < -0.3 is 14.1 Å². The second-order valence-corrected chi connectivity index (χ2v) is 7.04. The number of rotatable bonds is 7. The number of oxazole rings is 1. The van der Waals surface area contributed by atoms with Gasteiger partial charge in [0.2, 0.25) is 5.89 Å². The van der Waals surface area contributed by atoms with Crippen molar-refractivity contribution in [2.75, 3.05) is 27.2 Å². The molecule has 0 unspecified atom stereocenters. The molecular formula is C19H20Cl2N2O2. The predicted molar refractivity (Wildman–Crippen MR) is 103 cm³/mol. The van der Waals surface area contributed by atoms with E-state index in [1.165, 1.54) is 0 Å². The van der Waals surface area contributed by atoms with Crippen LogP contribution in [0.4, 0.5) is 0 Å². The molecule has 0 aliphatic rings. The maximum Gasteiger partial charge on any atom is 0.227 e. The summed E-state index contributed by atoms with van der Waals surface area (Å²) in [4.78, 5) is 6.66. The van der Waals surface area contributed by atoms with Gasteiger partial charge in [-0.3, -0.25) is 0 Å². The van der Waals surface area contributed by atoms with Crippen molar-refractivity contribution < 1.29 is 9.15 Å². The minimum Gasteiger partial charge on any atom is -0.493 e. The van der Waals surface area contributed by atoms with E-state index in [4.69, 9.17) is 32.4 Å². The topological polar surface area (TPSA) is 38.5 Å². The molecule has 0 N–H and O–H groups in total. The van der Waals surface area contributed by atoms with Crippen molar-refractivity contribution in [1.82, 2.24) is 9.88 Å². The largest absolute Gasteiger partial charge is 0.493 e. The summed E-state index contributed by atoms with van der Waals surface area (Å²) in [6.07, 6.45) is 2.12. The van der Waals surface area contributed by atoms with Gasteiger partial charge in [0, 0.05) is 21.7 Å². The highest BCUT2D eigenvalue weighted by molar-refractivity contribution is 6.35. The number of hydrogen-bond acceptors (Lipinski definition) is 4. The van der Waals surface area contributed by atoms with Gasteiger partial charge in [0.25, 0.3) is 0 Å². The summed E-state index contributed by atoms with van der Waals surface area (Å²) in [7, 11) is 4.15. The summed E-state index contributed by atoms with van der Waals surface area (Å²) in [5.74, 6) is 1.27. The van der Waals surface area contributed by atoms with Crippen molar-refractivity contribution in [2.24, 2.45) is 0 Å².